The Balaban J connectivity index is 2.43. The highest BCUT2D eigenvalue weighted by Gasteiger charge is 2.36. The first-order valence-electron chi connectivity index (χ1n) is 2.83. The van der Waals surface area contributed by atoms with E-state index >= 15 is 0 Å². The summed E-state index contributed by atoms with van der Waals surface area (Å²) in [7, 11) is 0. The molecule has 1 rings (SSSR count). The molecule has 1 saturated heterocycles. The minimum atomic E-state index is -4.39. The predicted molar refractivity (Wildman–Crippen MR) is 28.0 cm³/mol. The van der Waals surface area contributed by atoms with Crippen LogP contribution in [-0.2, 0) is 9.63 Å². The third-order valence-corrected chi connectivity index (χ3v) is 1.06. The molecule has 0 N–H and O–H groups in total. The molecule has 6 heteroatoms. The van der Waals surface area contributed by atoms with Gasteiger partial charge in [-0.3, -0.25) is 9.63 Å². The number of carbonyl (C=O) groups is 1. The van der Waals surface area contributed by atoms with E-state index in [0.717, 1.165) is 6.42 Å². The summed E-state index contributed by atoms with van der Waals surface area (Å²) in [5.74, 6) is -0.734. The molecule has 0 atom stereocenters. The van der Waals surface area contributed by atoms with Crippen LogP contribution >= 0.6 is 0 Å². The zero-order chi connectivity index (χ0) is 8.48. The van der Waals surface area contributed by atoms with Gasteiger partial charge in [0, 0.05) is 0 Å². The summed E-state index contributed by atoms with van der Waals surface area (Å²) in [5.41, 5.74) is 0. The molecule has 0 spiro atoms. The van der Waals surface area contributed by atoms with Crippen molar-refractivity contribution in [3.8, 4) is 0 Å². The lowest BCUT2D eigenvalue weighted by atomic mass is 10.4. The maximum atomic E-state index is 11.6. The van der Waals surface area contributed by atoms with Crippen molar-refractivity contribution in [1.82, 2.24) is 5.06 Å². The molecule has 1 aliphatic heterocycles. The molecular weight excluding hydrogens is 163 g/mol. The van der Waals surface area contributed by atoms with Gasteiger partial charge in [-0.25, -0.2) is 5.06 Å². The second kappa shape index (κ2) is 2.69. The average molecular weight is 168 g/mol. The second-order valence-electron chi connectivity index (χ2n) is 1.99. The largest absolute Gasteiger partial charge is 0.408 e. The molecule has 1 radical (unpaired) electrons. The highest BCUT2D eigenvalue weighted by atomic mass is 19.4. The van der Waals surface area contributed by atoms with Crippen LogP contribution in [0.15, 0.2) is 0 Å². The zero-order valence-corrected chi connectivity index (χ0v) is 5.39. The van der Waals surface area contributed by atoms with E-state index in [1.54, 1.807) is 0 Å². The van der Waals surface area contributed by atoms with Crippen LogP contribution in [-0.4, -0.2) is 30.3 Å². The number of nitrogens with zero attached hydrogens (tertiary/aromatic N) is 1. The van der Waals surface area contributed by atoms with Gasteiger partial charge in [-0.15, -0.1) is 0 Å². The molecule has 0 bridgehead atoms. The van der Waals surface area contributed by atoms with Crippen LogP contribution in [0, 0.1) is 6.42 Å². The fourth-order valence-electron chi connectivity index (χ4n) is 0.650. The molecule has 0 aromatic rings. The van der Waals surface area contributed by atoms with Crippen molar-refractivity contribution >= 4 is 5.91 Å². The Labute approximate surface area is 60.7 Å². The quantitative estimate of drug-likeness (QED) is 0.571. The van der Waals surface area contributed by atoms with Crippen molar-refractivity contribution in [3.63, 3.8) is 0 Å². The molecule has 0 aromatic carbocycles. The van der Waals surface area contributed by atoms with E-state index in [2.05, 4.69) is 4.84 Å². The van der Waals surface area contributed by atoms with Gasteiger partial charge in [0.05, 0.1) is 13.0 Å². The van der Waals surface area contributed by atoms with Gasteiger partial charge >= 0.3 is 6.18 Å². The van der Waals surface area contributed by atoms with Gasteiger partial charge in [-0.1, -0.05) is 0 Å². The summed E-state index contributed by atoms with van der Waals surface area (Å²) in [5, 5.41) is 0.292. The van der Waals surface area contributed by atoms with Gasteiger partial charge in [-0.05, 0) is 0 Å². The second-order valence-corrected chi connectivity index (χ2v) is 1.99. The first kappa shape index (κ1) is 8.32. The summed E-state index contributed by atoms with van der Waals surface area (Å²) in [6, 6.07) is 0. The number of alkyl halides is 3. The maximum Gasteiger partial charge on any atom is 0.408 e. The average Bonchev–Trinajstić information content (AvgIpc) is 2.12. The number of amides is 1. The Bertz CT molecular complexity index is 168. The molecular formula is C5H5F3NO2. The van der Waals surface area contributed by atoms with Crippen molar-refractivity contribution in [2.75, 3.05) is 13.2 Å². The topological polar surface area (TPSA) is 29.5 Å². The fourth-order valence-corrected chi connectivity index (χ4v) is 0.650. The van der Waals surface area contributed by atoms with E-state index < -0.39 is 18.6 Å². The molecule has 63 valence electrons. The summed E-state index contributed by atoms with van der Waals surface area (Å²) >= 11 is 0. The van der Waals surface area contributed by atoms with Crippen LogP contribution in [0.2, 0.25) is 0 Å². The van der Waals surface area contributed by atoms with Crippen molar-refractivity contribution in [2.45, 2.75) is 6.18 Å². The minimum Gasteiger partial charge on any atom is -0.272 e. The van der Waals surface area contributed by atoms with Gasteiger partial charge in [0.25, 0.3) is 5.91 Å². The van der Waals surface area contributed by atoms with E-state index in [1.165, 1.54) is 0 Å². The van der Waals surface area contributed by atoms with Gasteiger partial charge in [0.1, 0.15) is 6.54 Å². The minimum absolute atomic E-state index is 0.0745. The van der Waals surface area contributed by atoms with Crippen LogP contribution in [0.25, 0.3) is 0 Å². The zero-order valence-electron chi connectivity index (χ0n) is 5.39. The molecule has 3 nitrogen and oxygen atoms in total. The van der Waals surface area contributed by atoms with Crippen LogP contribution in [0.3, 0.4) is 0 Å². The van der Waals surface area contributed by atoms with Gasteiger partial charge in [0.15, 0.2) is 0 Å². The number of hydroxylamine groups is 2. The van der Waals surface area contributed by atoms with Crippen LogP contribution in [0.5, 0.6) is 0 Å². The standard InChI is InChI=1S/C5H5F3NO2/c6-5(7,8)3-9-4(10)1-2-11-9/h1H,2-3H2. The summed E-state index contributed by atoms with van der Waals surface area (Å²) in [6.45, 7) is -1.42. The Hall–Kier alpha value is -0.780. The third kappa shape index (κ3) is 2.38. The van der Waals surface area contributed by atoms with Crippen molar-refractivity contribution in [1.29, 1.82) is 0 Å². The number of carbonyl (C=O) groups excluding carboxylic acids is 1. The van der Waals surface area contributed by atoms with Crippen LogP contribution in [0.4, 0.5) is 13.2 Å². The van der Waals surface area contributed by atoms with Crippen molar-refractivity contribution < 1.29 is 22.8 Å². The summed E-state index contributed by atoms with van der Waals surface area (Å²) in [6.07, 6.45) is -3.35. The van der Waals surface area contributed by atoms with Crippen molar-refractivity contribution in [2.24, 2.45) is 0 Å². The Morgan fingerprint density at radius 3 is 2.64 bits per heavy atom. The normalized spacial score (nSPS) is 19.5. The monoisotopic (exact) mass is 168 g/mol. The van der Waals surface area contributed by atoms with Gasteiger partial charge < -0.3 is 0 Å². The third-order valence-electron chi connectivity index (χ3n) is 1.06. The fraction of sp³-hybridized carbons (Fsp3) is 0.600. The Morgan fingerprint density at radius 2 is 2.27 bits per heavy atom. The Morgan fingerprint density at radius 1 is 1.64 bits per heavy atom. The van der Waals surface area contributed by atoms with Gasteiger partial charge in [0.2, 0.25) is 0 Å². The number of hydrogen-bond donors (Lipinski definition) is 0. The molecule has 11 heavy (non-hydrogen) atoms. The predicted octanol–water partition coefficient (Wildman–Crippen LogP) is 0.527. The molecule has 0 saturated carbocycles. The van der Waals surface area contributed by atoms with Crippen molar-refractivity contribution in [3.05, 3.63) is 6.42 Å². The highest BCUT2D eigenvalue weighted by Crippen LogP contribution is 2.18. The lowest BCUT2D eigenvalue weighted by Crippen LogP contribution is -2.34. The molecule has 0 aliphatic carbocycles. The molecule has 1 amide bonds. The first-order chi connectivity index (χ1) is 4.99. The lowest BCUT2D eigenvalue weighted by Gasteiger charge is -2.15. The summed E-state index contributed by atoms with van der Waals surface area (Å²) < 4.78 is 34.8. The molecule has 0 unspecified atom stereocenters. The van der Waals surface area contributed by atoms with E-state index in [9.17, 15) is 18.0 Å². The molecule has 1 aliphatic rings. The lowest BCUT2D eigenvalue weighted by molar-refractivity contribution is -0.214. The number of rotatable bonds is 1. The highest BCUT2D eigenvalue weighted by molar-refractivity contribution is 5.85. The maximum absolute atomic E-state index is 11.6. The number of hydrogen-bond acceptors (Lipinski definition) is 2. The van der Waals surface area contributed by atoms with E-state index in [1.807, 2.05) is 0 Å². The SMILES string of the molecule is O=C1[CH]CON1CC(F)(F)F. The first-order valence-corrected chi connectivity index (χ1v) is 2.83. The van der Waals surface area contributed by atoms with Crippen LogP contribution in [0.1, 0.15) is 0 Å². The Kier molecular flexibility index (Phi) is 2.03. The summed E-state index contributed by atoms with van der Waals surface area (Å²) in [4.78, 5) is 14.8. The van der Waals surface area contributed by atoms with E-state index in [-0.39, 0.29) is 6.61 Å². The smallest absolute Gasteiger partial charge is 0.272 e. The molecule has 0 aromatic heterocycles. The van der Waals surface area contributed by atoms with E-state index in [4.69, 9.17) is 0 Å². The van der Waals surface area contributed by atoms with E-state index in [0.29, 0.717) is 5.06 Å². The van der Waals surface area contributed by atoms with Gasteiger partial charge in [-0.2, -0.15) is 13.2 Å². The molecule has 1 fully saturated rings. The van der Waals surface area contributed by atoms with Crippen LogP contribution < -0.4 is 0 Å². The molecule has 1 heterocycles. The number of halogens is 3.